The zero-order chi connectivity index (χ0) is 20.3. The maximum atomic E-state index is 9.59. The van der Waals surface area contributed by atoms with Gasteiger partial charge in [0.1, 0.15) is 29.0 Å². The van der Waals surface area contributed by atoms with Crippen LogP contribution in [-0.2, 0) is 4.74 Å². The van der Waals surface area contributed by atoms with Crippen molar-refractivity contribution < 1.29 is 19.1 Å². The van der Waals surface area contributed by atoms with Gasteiger partial charge in [-0.3, -0.25) is 9.88 Å². The quantitative estimate of drug-likeness (QED) is 0.357. The van der Waals surface area contributed by atoms with Crippen LogP contribution in [0.5, 0.6) is 5.75 Å². The van der Waals surface area contributed by atoms with Gasteiger partial charge < -0.3 is 19.1 Å². The Kier molecular flexibility index (Phi) is 6.72. The molecule has 0 atom stereocenters. The summed E-state index contributed by atoms with van der Waals surface area (Å²) in [6, 6.07) is 11.3. The third kappa shape index (κ3) is 4.67. The fraction of sp³-hybridized carbons (Fsp3) is 0.273. The molecule has 3 aromatic heterocycles. The van der Waals surface area contributed by atoms with E-state index in [-0.39, 0.29) is 12.4 Å². The van der Waals surface area contributed by atoms with Crippen molar-refractivity contribution in [3.8, 4) is 17.2 Å². The molecule has 9 heteroatoms. The summed E-state index contributed by atoms with van der Waals surface area (Å²) in [5, 5.41) is 17.3. The Morgan fingerprint density at radius 3 is 2.87 bits per heavy atom. The van der Waals surface area contributed by atoms with Crippen LogP contribution in [-0.4, -0.2) is 54.5 Å². The molecule has 0 unspecified atom stereocenters. The Morgan fingerprint density at radius 2 is 2.03 bits per heavy atom. The number of ether oxygens (including phenoxy) is 2. The van der Waals surface area contributed by atoms with E-state index in [0.29, 0.717) is 40.1 Å². The number of pyridine rings is 1. The molecule has 162 valence electrons. The highest BCUT2D eigenvalue weighted by Crippen LogP contribution is 2.27. The number of benzene rings is 1. The zero-order valence-electron chi connectivity index (χ0n) is 16.7. The molecule has 5 rings (SSSR count). The molecule has 1 saturated heterocycles. The van der Waals surface area contributed by atoms with Crippen LogP contribution >= 0.6 is 23.7 Å². The van der Waals surface area contributed by atoms with E-state index >= 15 is 0 Å². The molecule has 1 fully saturated rings. The van der Waals surface area contributed by atoms with Gasteiger partial charge in [0.2, 0.25) is 0 Å². The smallest absolute Gasteiger partial charge is 0.155 e. The van der Waals surface area contributed by atoms with Crippen LogP contribution in [0, 0.1) is 0 Å². The van der Waals surface area contributed by atoms with Crippen LogP contribution in [0.1, 0.15) is 0 Å². The van der Waals surface area contributed by atoms with Gasteiger partial charge in [0, 0.05) is 31.9 Å². The number of fused-ring (bicyclic) bond motifs is 2. The lowest BCUT2D eigenvalue weighted by Gasteiger charge is -2.26. The molecule has 1 aromatic carbocycles. The molecule has 31 heavy (non-hydrogen) atoms. The highest BCUT2D eigenvalue weighted by atomic mass is 35.5. The van der Waals surface area contributed by atoms with E-state index in [2.05, 4.69) is 15.0 Å². The second kappa shape index (κ2) is 9.65. The molecule has 0 bridgehead atoms. The summed E-state index contributed by atoms with van der Waals surface area (Å²) in [4.78, 5) is 6.81. The summed E-state index contributed by atoms with van der Waals surface area (Å²) in [5.41, 5.74) is 1.30. The molecular weight excluding hydrogens is 438 g/mol. The van der Waals surface area contributed by atoms with Crippen LogP contribution in [0.25, 0.3) is 32.5 Å². The van der Waals surface area contributed by atoms with Gasteiger partial charge in [-0.05, 0) is 41.1 Å². The average Bonchev–Trinajstić information content (AvgIpc) is 3.27. The first-order valence-corrected chi connectivity index (χ1v) is 10.7. The van der Waals surface area contributed by atoms with Gasteiger partial charge in [0.05, 0.1) is 23.3 Å². The van der Waals surface area contributed by atoms with Crippen molar-refractivity contribution in [2.75, 3.05) is 39.5 Å². The maximum Gasteiger partial charge on any atom is 0.155 e. The Balaban J connectivity index is 0.00000231. The molecule has 7 nitrogen and oxygen atoms in total. The fourth-order valence-electron chi connectivity index (χ4n) is 3.57. The second-order valence-electron chi connectivity index (χ2n) is 7.08. The summed E-state index contributed by atoms with van der Waals surface area (Å²) in [6.07, 6.45) is 1.83. The average molecular weight is 460 g/mol. The van der Waals surface area contributed by atoms with Crippen molar-refractivity contribution in [3.63, 3.8) is 0 Å². The van der Waals surface area contributed by atoms with Gasteiger partial charge in [-0.15, -0.1) is 23.7 Å². The Hall–Kier alpha value is -2.65. The van der Waals surface area contributed by atoms with Crippen molar-refractivity contribution in [3.05, 3.63) is 53.3 Å². The summed E-state index contributed by atoms with van der Waals surface area (Å²) in [7, 11) is 0. The molecule has 0 amide bonds. The summed E-state index contributed by atoms with van der Waals surface area (Å²) < 4.78 is 18.5. The highest BCUT2D eigenvalue weighted by molar-refractivity contribution is 7.17. The summed E-state index contributed by atoms with van der Waals surface area (Å²) in [6.45, 7) is 4.84. The maximum absolute atomic E-state index is 9.59. The van der Waals surface area contributed by atoms with Crippen molar-refractivity contribution in [2.24, 2.45) is 5.16 Å². The minimum Gasteiger partial charge on any atom is -0.492 e. The number of hydrogen-bond donors (Lipinski definition) is 1. The van der Waals surface area contributed by atoms with Crippen LogP contribution < -0.4 is 10.1 Å². The molecule has 1 aliphatic rings. The largest absolute Gasteiger partial charge is 0.492 e. The predicted octanol–water partition coefficient (Wildman–Crippen LogP) is 4.13. The fourth-order valence-corrected chi connectivity index (χ4v) is 4.30. The molecule has 0 spiro atoms. The minimum atomic E-state index is 0. The van der Waals surface area contributed by atoms with Gasteiger partial charge in [-0.2, -0.15) is 0 Å². The first-order valence-electron chi connectivity index (χ1n) is 9.83. The van der Waals surface area contributed by atoms with Gasteiger partial charge in [-0.1, -0.05) is 5.16 Å². The number of aromatic nitrogens is 1. The van der Waals surface area contributed by atoms with Crippen molar-refractivity contribution >= 4 is 44.8 Å². The van der Waals surface area contributed by atoms with Gasteiger partial charge in [0.15, 0.2) is 5.76 Å². The predicted molar refractivity (Wildman–Crippen MR) is 122 cm³/mol. The molecule has 0 saturated carbocycles. The molecule has 1 aliphatic heterocycles. The molecule has 4 heterocycles. The second-order valence-corrected chi connectivity index (χ2v) is 8.03. The van der Waals surface area contributed by atoms with E-state index < -0.39 is 0 Å². The van der Waals surface area contributed by atoms with E-state index in [1.807, 2.05) is 41.9 Å². The molecule has 1 N–H and O–H groups in total. The molecule has 4 aromatic rings. The van der Waals surface area contributed by atoms with Gasteiger partial charge in [0.25, 0.3) is 0 Å². The topological polar surface area (TPSA) is 80.3 Å². The van der Waals surface area contributed by atoms with Crippen molar-refractivity contribution in [1.82, 2.24) is 9.88 Å². The summed E-state index contributed by atoms with van der Waals surface area (Å²) in [5.74, 6) is 1.26. The van der Waals surface area contributed by atoms with Crippen LogP contribution in [0.15, 0.2) is 57.5 Å². The van der Waals surface area contributed by atoms with E-state index in [1.165, 1.54) is 0 Å². The van der Waals surface area contributed by atoms with Gasteiger partial charge in [-0.25, -0.2) is 0 Å². The van der Waals surface area contributed by atoms with Crippen LogP contribution in [0.4, 0.5) is 0 Å². The monoisotopic (exact) mass is 459 g/mol. The summed E-state index contributed by atoms with van der Waals surface area (Å²) >= 11 is 1.64. The van der Waals surface area contributed by atoms with Crippen LogP contribution in [0.2, 0.25) is 0 Å². The first kappa shape index (κ1) is 21.6. The van der Waals surface area contributed by atoms with E-state index in [1.54, 1.807) is 17.4 Å². The highest BCUT2D eigenvalue weighted by Gasteiger charge is 2.12. The van der Waals surface area contributed by atoms with Crippen molar-refractivity contribution in [2.45, 2.75) is 0 Å². The van der Waals surface area contributed by atoms with E-state index in [9.17, 15) is 5.21 Å². The normalized spacial score (nSPS) is 15.3. The lowest BCUT2D eigenvalue weighted by atomic mass is 10.1. The lowest BCUT2D eigenvalue weighted by Crippen LogP contribution is -2.38. The molecule has 0 radical (unpaired) electrons. The Bertz CT molecular complexity index is 1250. The number of rotatable bonds is 5. The SMILES string of the molecule is Cl.O/N=c1/cc(-c2cc3ccsc3cn2)oc2ccc(OCCN3CCOCC3)cc12. The Morgan fingerprint density at radius 1 is 1.16 bits per heavy atom. The number of hydrogen-bond acceptors (Lipinski definition) is 8. The number of halogens is 1. The lowest BCUT2D eigenvalue weighted by molar-refractivity contribution is 0.0322. The first-order chi connectivity index (χ1) is 14.8. The third-order valence-electron chi connectivity index (χ3n) is 5.20. The van der Waals surface area contributed by atoms with Crippen LogP contribution in [0.3, 0.4) is 0 Å². The number of thiophene rings is 1. The van der Waals surface area contributed by atoms with Crippen molar-refractivity contribution in [1.29, 1.82) is 0 Å². The number of nitrogens with zero attached hydrogens (tertiary/aromatic N) is 3. The standard InChI is InChI=1S/C22H21N3O4S.ClH/c26-24-18-13-21(19-11-15-3-10-30-22(15)14-23-19)29-20-2-1-16(12-17(18)20)28-9-6-25-4-7-27-8-5-25;/h1-3,10-14,26H,4-9H2;1H/b24-18-;. The zero-order valence-corrected chi connectivity index (χ0v) is 18.3. The number of morpholine rings is 1. The minimum absolute atomic E-state index is 0. The third-order valence-corrected chi connectivity index (χ3v) is 6.06. The van der Waals surface area contributed by atoms with E-state index in [0.717, 1.165) is 42.9 Å². The van der Waals surface area contributed by atoms with E-state index in [4.69, 9.17) is 13.9 Å². The molecule has 0 aliphatic carbocycles. The Labute approximate surface area is 188 Å². The van der Waals surface area contributed by atoms with Gasteiger partial charge >= 0.3 is 0 Å². The molecular formula is C22H22ClN3O4S.